The molecule has 2 N–H and O–H groups in total. The highest BCUT2D eigenvalue weighted by Gasteiger charge is 2.17. The number of carbonyl (C=O) groups is 1. The Kier molecular flexibility index (Phi) is 5.89. The van der Waals surface area contributed by atoms with Gasteiger partial charge in [0.25, 0.3) is 5.91 Å². The number of methoxy groups -OCH3 is 2. The second-order valence-electron chi connectivity index (χ2n) is 4.88. The van der Waals surface area contributed by atoms with E-state index >= 15 is 0 Å². The van der Waals surface area contributed by atoms with Gasteiger partial charge in [-0.15, -0.1) is 0 Å². The van der Waals surface area contributed by atoms with Crippen molar-refractivity contribution in [2.24, 2.45) is 0 Å². The molecule has 9 heteroatoms. The standard InChI is InChI=1S/C16H17ClN2O5S/c1-18-25(21,22)11-6-4-5-10(7-11)16(20)19-13-9-14(23-2)12(17)8-15(13)24-3/h4-9,18H,1-3H3,(H,19,20). The molecule has 0 bridgehead atoms. The lowest BCUT2D eigenvalue weighted by molar-refractivity contribution is 0.102. The van der Waals surface area contributed by atoms with E-state index in [1.165, 1.54) is 57.7 Å². The molecule has 0 aliphatic carbocycles. The Labute approximate surface area is 151 Å². The Balaban J connectivity index is 2.36. The summed E-state index contributed by atoms with van der Waals surface area (Å²) in [4.78, 5) is 12.5. The molecule has 0 saturated carbocycles. The van der Waals surface area contributed by atoms with Gasteiger partial charge in [0.1, 0.15) is 11.5 Å². The van der Waals surface area contributed by atoms with Crippen LogP contribution in [0.15, 0.2) is 41.3 Å². The molecular formula is C16H17ClN2O5S. The number of halogens is 1. The number of rotatable bonds is 6. The van der Waals surface area contributed by atoms with Gasteiger partial charge in [0.2, 0.25) is 10.0 Å². The van der Waals surface area contributed by atoms with Crippen LogP contribution in [-0.4, -0.2) is 35.6 Å². The van der Waals surface area contributed by atoms with E-state index in [0.717, 1.165) is 0 Å². The first-order valence-electron chi connectivity index (χ1n) is 7.09. The van der Waals surface area contributed by atoms with Gasteiger partial charge in [0.05, 0.1) is 29.8 Å². The van der Waals surface area contributed by atoms with Gasteiger partial charge in [-0.05, 0) is 25.2 Å². The van der Waals surface area contributed by atoms with E-state index in [1.54, 1.807) is 0 Å². The highest BCUT2D eigenvalue weighted by Crippen LogP contribution is 2.36. The molecule has 0 radical (unpaired) electrons. The summed E-state index contributed by atoms with van der Waals surface area (Å²) < 4.78 is 36.2. The van der Waals surface area contributed by atoms with Crippen molar-refractivity contribution in [3.8, 4) is 11.5 Å². The molecule has 0 heterocycles. The molecule has 2 aromatic carbocycles. The zero-order valence-electron chi connectivity index (χ0n) is 13.8. The molecule has 0 fully saturated rings. The van der Waals surface area contributed by atoms with Gasteiger partial charge < -0.3 is 14.8 Å². The van der Waals surface area contributed by atoms with Crippen molar-refractivity contribution in [3.63, 3.8) is 0 Å². The van der Waals surface area contributed by atoms with E-state index in [-0.39, 0.29) is 10.5 Å². The number of ether oxygens (including phenoxy) is 2. The Morgan fingerprint density at radius 3 is 2.36 bits per heavy atom. The molecule has 0 atom stereocenters. The quantitative estimate of drug-likeness (QED) is 0.798. The van der Waals surface area contributed by atoms with Crippen molar-refractivity contribution in [3.05, 3.63) is 47.0 Å². The second kappa shape index (κ2) is 7.73. The second-order valence-corrected chi connectivity index (χ2v) is 7.17. The van der Waals surface area contributed by atoms with E-state index < -0.39 is 15.9 Å². The molecule has 0 unspecified atom stereocenters. The largest absolute Gasteiger partial charge is 0.495 e. The third kappa shape index (κ3) is 4.22. The Hall–Kier alpha value is -2.29. The highest BCUT2D eigenvalue weighted by molar-refractivity contribution is 7.89. The average Bonchev–Trinajstić information content (AvgIpc) is 2.62. The fourth-order valence-electron chi connectivity index (χ4n) is 2.07. The summed E-state index contributed by atoms with van der Waals surface area (Å²) in [6, 6.07) is 8.70. The fourth-order valence-corrected chi connectivity index (χ4v) is 3.08. The number of amides is 1. The van der Waals surface area contributed by atoms with Gasteiger partial charge in [-0.1, -0.05) is 17.7 Å². The lowest BCUT2D eigenvalue weighted by atomic mass is 10.2. The number of hydrogen-bond donors (Lipinski definition) is 2. The molecule has 2 aromatic rings. The normalized spacial score (nSPS) is 11.0. The van der Waals surface area contributed by atoms with Crippen molar-refractivity contribution in [2.75, 3.05) is 26.6 Å². The molecule has 0 spiro atoms. The molecule has 0 saturated heterocycles. The number of hydrogen-bond acceptors (Lipinski definition) is 5. The molecule has 25 heavy (non-hydrogen) atoms. The third-order valence-corrected chi connectivity index (χ3v) is 5.10. The summed E-state index contributed by atoms with van der Waals surface area (Å²) in [5.74, 6) is 0.207. The molecule has 0 aliphatic rings. The molecule has 0 aliphatic heterocycles. The summed E-state index contributed by atoms with van der Waals surface area (Å²) in [5.41, 5.74) is 0.517. The topological polar surface area (TPSA) is 93.7 Å². The molecule has 0 aromatic heterocycles. The van der Waals surface area contributed by atoms with Crippen molar-refractivity contribution in [2.45, 2.75) is 4.90 Å². The van der Waals surface area contributed by atoms with E-state index in [4.69, 9.17) is 21.1 Å². The summed E-state index contributed by atoms with van der Waals surface area (Å²) >= 11 is 6.03. The van der Waals surface area contributed by atoms with Crippen LogP contribution in [-0.2, 0) is 10.0 Å². The number of nitrogens with one attached hydrogen (secondary N) is 2. The Bertz CT molecular complexity index is 899. The van der Waals surface area contributed by atoms with Crippen LogP contribution in [0.2, 0.25) is 5.02 Å². The van der Waals surface area contributed by atoms with Crippen LogP contribution in [0.4, 0.5) is 5.69 Å². The SMILES string of the molecule is CNS(=O)(=O)c1cccc(C(=O)Nc2cc(OC)c(Cl)cc2OC)c1. The molecular weight excluding hydrogens is 368 g/mol. The van der Waals surface area contributed by atoms with Crippen molar-refractivity contribution in [1.29, 1.82) is 0 Å². The summed E-state index contributed by atoms with van der Waals surface area (Å²) in [5, 5.41) is 2.99. The average molecular weight is 385 g/mol. The molecule has 1 amide bonds. The lowest BCUT2D eigenvalue weighted by Crippen LogP contribution is -2.19. The fraction of sp³-hybridized carbons (Fsp3) is 0.188. The van der Waals surface area contributed by atoms with Crippen LogP contribution in [0, 0.1) is 0 Å². The van der Waals surface area contributed by atoms with Crippen molar-refractivity contribution in [1.82, 2.24) is 4.72 Å². The maximum Gasteiger partial charge on any atom is 0.255 e. The first kappa shape index (κ1) is 19.0. The van der Waals surface area contributed by atoms with E-state index in [2.05, 4.69) is 10.0 Å². The van der Waals surface area contributed by atoms with Crippen molar-refractivity contribution >= 4 is 33.2 Å². The van der Waals surface area contributed by atoms with E-state index in [9.17, 15) is 13.2 Å². The Morgan fingerprint density at radius 1 is 1.08 bits per heavy atom. The van der Waals surface area contributed by atoms with E-state index in [0.29, 0.717) is 22.2 Å². The van der Waals surface area contributed by atoms with Crippen LogP contribution in [0.1, 0.15) is 10.4 Å². The molecule has 7 nitrogen and oxygen atoms in total. The van der Waals surface area contributed by atoms with Gasteiger partial charge in [-0.25, -0.2) is 13.1 Å². The zero-order chi connectivity index (χ0) is 18.6. The maximum absolute atomic E-state index is 12.5. The Morgan fingerprint density at radius 2 is 1.76 bits per heavy atom. The predicted octanol–water partition coefficient (Wildman–Crippen LogP) is 2.52. The maximum atomic E-state index is 12.5. The number of benzene rings is 2. The van der Waals surface area contributed by atoms with Crippen LogP contribution < -0.4 is 19.5 Å². The number of carbonyl (C=O) groups excluding carboxylic acids is 1. The van der Waals surface area contributed by atoms with Crippen LogP contribution >= 0.6 is 11.6 Å². The minimum atomic E-state index is -3.65. The zero-order valence-corrected chi connectivity index (χ0v) is 15.4. The summed E-state index contributed by atoms with van der Waals surface area (Å²) in [6.07, 6.45) is 0. The number of sulfonamides is 1. The summed E-state index contributed by atoms with van der Waals surface area (Å²) in [7, 11) is 0.538. The van der Waals surface area contributed by atoms with Gasteiger partial charge in [0, 0.05) is 17.7 Å². The third-order valence-electron chi connectivity index (χ3n) is 3.40. The van der Waals surface area contributed by atoms with Gasteiger partial charge in [0.15, 0.2) is 0 Å². The van der Waals surface area contributed by atoms with Gasteiger partial charge in [-0.2, -0.15) is 0 Å². The number of anilines is 1. The first-order valence-corrected chi connectivity index (χ1v) is 8.95. The first-order chi connectivity index (χ1) is 11.8. The minimum absolute atomic E-state index is 0.0108. The minimum Gasteiger partial charge on any atom is -0.495 e. The lowest BCUT2D eigenvalue weighted by Gasteiger charge is -2.13. The van der Waals surface area contributed by atoms with Gasteiger partial charge in [-0.3, -0.25) is 4.79 Å². The highest BCUT2D eigenvalue weighted by atomic mass is 35.5. The van der Waals surface area contributed by atoms with Crippen LogP contribution in [0.3, 0.4) is 0 Å². The van der Waals surface area contributed by atoms with Crippen LogP contribution in [0.5, 0.6) is 11.5 Å². The van der Waals surface area contributed by atoms with Crippen molar-refractivity contribution < 1.29 is 22.7 Å². The monoisotopic (exact) mass is 384 g/mol. The predicted molar refractivity (Wildman–Crippen MR) is 95.2 cm³/mol. The van der Waals surface area contributed by atoms with E-state index in [1.807, 2.05) is 0 Å². The summed E-state index contributed by atoms with van der Waals surface area (Å²) in [6.45, 7) is 0. The molecule has 2 rings (SSSR count). The molecule has 134 valence electrons. The smallest absolute Gasteiger partial charge is 0.255 e. The van der Waals surface area contributed by atoms with Gasteiger partial charge >= 0.3 is 0 Å². The van der Waals surface area contributed by atoms with Crippen LogP contribution in [0.25, 0.3) is 0 Å².